The number of anilines is 1. The van der Waals surface area contributed by atoms with E-state index in [0.717, 1.165) is 0 Å². The topological polar surface area (TPSA) is 108 Å². The lowest BCUT2D eigenvalue weighted by Crippen LogP contribution is -2.29. The second-order valence-electron chi connectivity index (χ2n) is 3.03. The molecule has 7 nitrogen and oxygen atoms in total. The maximum Gasteiger partial charge on any atom is 0.226 e. The number of oxime groups is 1. The molecule has 16 heavy (non-hydrogen) atoms. The Bertz CT molecular complexity index is 369. The molecule has 0 aliphatic heterocycles. The van der Waals surface area contributed by atoms with Crippen LogP contribution in [0.1, 0.15) is 12.6 Å². The molecule has 0 unspecified atom stereocenters. The summed E-state index contributed by atoms with van der Waals surface area (Å²) in [7, 11) is 0. The molecule has 1 rings (SSSR count). The summed E-state index contributed by atoms with van der Waals surface area (Å²) in [6.07, 6.45) is 1.52. The molecule has 0 radical (unpaired) electrons. The molecule has 4 N–H and O–H groups in total. The van der Waals surface area contributed by atoms with Gasteiger partial charge in [-0.15, -0.1) is 0 Å². The Morgan fingerprint density at radius 3 is 2.94 bits per heavy atom. The molecule has 0 bridgehead atoms. The Labute approximate surface area is 93.2 Å². The monoisotopic (exact) mass is 225 g/mol. The van der Waals surface area contributed by atoms with Gasteiger partial charge in [-0.2, -0.15) is 0 Å². The van der Waals surface area contributed by atoms with Crippen LogP contribution in [0, 0.1) is 0 Å². The Kier molecular flexibility index (Phi) is 4.46. The van der Waals surface area contributed by atoms with Crippen molar-refractivity contribution in [3.63, 3.8) is 0 Å². The smallest absolute Gasteiger partial charge is 0.226 e. The van der Waals surface area contributed by atoms with Crippen LogP contribution in [0.3, 0.4) is 0 Å². The van der Waals surface area contributed by atoms with E-state index in [0.29, 0.717) is 24.7 Å². The molecule has 1 aromatic heterocycles. The van der Waals surface area contributed by atoms with Gasteiger partial charge in [0, 0.05) is 19.3 Å². The summed E-state index contributed by atoms with van der Waals surface area (Å²) in [6.45, 7) is 3.05. The van der Waals surface area contributed by atoms with Crippen molar-refractivity contribution in [2.45, 2.75) is 6.92 Å². The Balaban J connectivity index is 2.96. The molecular formula is C9H15N5O2. The van der Waals surface area contributed by atoms with E-state index in [9.17, 15) is 0 Å². The van der Waals surface area contributed by atoms with E-state index in [4.69, 9.17) is 16.0 Å². The summed E-state index contributed by atoms with van der Waals surface area (Å²) in [5.74, 6) is 0.379. The predicted octanol–water partition coefficient (Wildman–Crippen LogP) is -0.610. The van der Waals surface area contributed by atoms with Crippen LogP contribution < -0.4 is 10.6 Å². The van der Waals surface area contributed by atoms with Gasteiger partial charge in [0.2, 0.25) is 5.95 Å². The summed E-state index contributed by atoms with van der Waals surface area (Å²) in [4.78, 5) is 9.96. The summed E-state index contributed by atoms with van der Waals surface area (Å²) < 4.78 is 0. The van der Waals surface area contributed by atoms with Gasteiger partial charge in [0.15, 0.2) is 5.84 Å². The molecule has 1 heterocycles. The third-order valence-corrected chi connectivity index (χ3v) is 2.05. The molecule has 0 atom stereocenters. The fourth-order valence-corrected chi connectivity index (χ4v) is 1.21. The van der Waals surface area contributed by atoms with Crippen molar-refractivity contribution in [3.05, 3.63) is 18.0 Å². The molecule has 0 aliphatic rings. The van der Waals surface area contributed by atoms with Crippen LogP contribution >= 0.6 is 0 Å². The number of amidine groups is 1. The average molecular weight is 225 g/mol. The zero-order valence-corrected chi connectivity index (χ0v) is 9.04. The van der Waals surface area contributed by atoms with Gasteiger partial charge in [-0.1, -0.05) is 5.16 Å². The van der Waals surface area contributed by atoms with Gasteiger partial charge in [-0.25, -0.2) is 9.97 Å². The second kappa shape index (κ2) is 5.86. The van der Waals surface area contributed by atoms with Gasteiger partial charge in [0.1, 0.15) is 5.69 Å². The van der Waals surface area contributed by atoms with Crippen LogP contribution in [0.2, 0.25) is 0 Å². The third-order valence-electron chi connectivity index (χ3n) is 2.05. The molecule has 0 aliphatic carbocycles. The quantitative estimate of drug-likeness (QED) is 0.267. The molecule has 88 valence electrons. The van der Waals surface area contributed by atoms with E-state index >= 15 is 0 Å². The third kappa shape index (κ3) is 2.80. The Morgan fingerprint density at radius 1 is 1.62 bits per heavy atom. The van der Waals surface area contributed by atoms with Gasteiger partial charge in [-0.3, -0.25) is 0 Å². The lowest BCUT2D eigenvalue weighted by atomic mass is 10.4. The Hall–Kier alpha value is -1.89. The number of aliphatic hydroxyl groups excluding tert-OH is 1. The minimum Gasteiger partial charge on any atom is -0.409 e. The maximum atomic E-state index is 8.87. The van der Waals surface area contributed by atoms with E-state index in [1.165, 1.54) is 6.20 Å². The molecular weight excluding hydrogens is 210 g/mol. The lowest BCUT2D eigenvalue weighted by molar-refractivity contribution is 0.301. The summed E-state index contributed by atoms with van der Waals surface area (Å²) in [6, 6.07) is 1.55. The van der Waals surface area contributed by atoms with Gasteiger partial charge in [-0.05, 0) is 13.0 Å². The SMILES string of the molecule is CCN(CCO)c1nccc(/C(N)=N/O)n1. The second-order valence-corrected chi connectivity index (χ2v) is 3.03. The van der Waals surface area contributed by atoms with Crippen molar-refractivity contribution in [3.8, 4) is 0 Å². The van der Waals surface area contributed by atoms with E-state index in [2.05, 4.69) is 15.1 Å². The van der Waals surface area contributed by atoms with Crippen LogP contribution in [0.4, 0.5) is 5.95 Å². The Morgan fingerprint density at radius 2 is 2.38 bits per heavy atom. The summed E-state index contributed by atoms with van der Waals surface area (Å²) >= 11 is 0. The molecule has 0 saturated carbocycles. The molecule has 7 heteroatoms. The largest absolute Gasteiger partial charge is 0.409 e. The molecule has 0 aromatic carbocycles. The predicted molar refractivity (Wildman–Crippen MR) is 59.5 cm³/mol. The normalized spacial score (nSPS) is 11.5. The van der Waals surface area contributed by atoms with E-state index in [1.54, 1.807) is 11.0 Å². The lowest BCUT2D eigenvalue weighted by Gasteiger charge is -2.19. The van der Waals surface area contributed by atoms with Gasteiger partial charge < -0.3 is 20.9 Å². The highest BCUT2D eigenvalue weighted by molar-refractivity contribution is 5.95. The highest BCUT2D eigenvalue weighted by atomic mass is 16.4. The van der Waals surface area contributed by atoms with Gasteiger partial charge >= 0.3 is 0 Å². The first-order chi connectivity index (χ1) is 7.72. The minimum absolute atomic E-state index is 0.0188. The van der Waals surface area contributed by atoms with Crippen molar-refractivity contribution in [2.24, 2.45) is 10.9 Å². The van der Waals surface area contributed by atoms with E-state index < -0.39 is 0 Å². The molecule has 1 aromatic rings. The number of nitrogens with two attached hydrogens (primary N) is 1. The number of likely N-dealkylation sites (N-methyl/N-ethyl adjacent to an activating group) is 1. The molecule has 0 fully saturated rings. The standard InChI is InChI=1S/C9H15N5O2/c1-2-14(5-6-15)9-11-4-3-7(12-9)8(10)13-16/h3-4,15-16H,2,5-6H2,1H3,(H2,10,13). The van der Waals surface area contributed by atoms with Crippen LogP contribution in [0.5, 0.6) is 0 Å². The van der Waals surface area contributed by atoms with E-state index in [-0.39, 0.29) is 12.4 Å². The van der Waals surface area contributed by atoms with Crippen molar-refractivity contribution in [2.75, 3.05) is 24.6 Å². The molecule has 0 amide bonds. The average Bonchev–Trinajstić information content (AvgIpc) is 2.35. The maximum absolute atomic E-state index is 8.87. The van der Waals surface area contributed by atoms with Crippen molar-refractivity contribution < 1.29 is 10.3 Å². The van der Waals surface area contributed by atoms with Gasteiger partial charge in [0.25, 0.3) is 0 Å². The minimum atomic E-state index is -0.0660. The van der Waals surface area contributed by atoms with Gasteiger partial charge in [0.05, 0.1) is 6.61 Å². The molecule has 0 spiro atoms. The zero-order valence-electron chi connectivity index (χ0n) is 9.04. The first-order valence-electron chi connectivity index (χ1n) is 4.89. The van der Waals surface area contributed by atoms with Crippen LogP contribution in [-0.2, 0) is 0 Å². The van der Waals surface area contributed by atoms with Crippen molar-refractivity contribution in [1.82, 2.24) is 9.97 Å². The first kappa shape index (κ1) is 12.2. The van der Waals surface area contributed by atoms with E-state index in [1.807, 2.05) is 6.92 Å². The fourth-order valence-electron chi connectivity index (χ4n) is 1.21. The number of aliphatic hydroxyl groups is 1. The number of hydrogen-bond donors (Lipinski definition) is 3. The summed E-state index contributed by atoms with van der Waals surface area (Å²) in [5.41, 5.74) is 5.77. The number of hydrogen-bond acceptors (Lipinski definition) is 6. The number of rotatable bonds is 5. The number of nitrogens with zero attached hydrogens (tertiary/aromatic N) is 4. The van der Waals surface area contributed by atoms with Crippen LogP contribution in [0.25, 0.3) is 0 Å². The highest BCUT2D eigenvalue weighted by Crippen LogP contribution is 2.06. The fraction of sp³-hybridized carbons (Fsp3) is 0.444. The van der Waals surface area contributed by atoms with Crippen LogP contribution in [-0.4, -0.2) is 45.8 Å². The number of aromatic nitrogens is 2. The van der Waals surface area contributed by atoms with Crippen molar-refractivity contribution >= 4 is 11.8 Å². The first-order valence-corrected chi connectivity index (χ1v) is 4.89. The zero-order chi connectivity index (χ0) is 12.0. The van der Waals surface area contributed by atoms with Crippen LogP contribution in [0.15, 0.2) is 17.4 Å². The summed E-state index contributed by atoms with van der Waals surface area (Å²) in [5, 5.41) is 20.3. The van der Waals surface area contributed by atoms with Crippen molar-refractivity contribution in [1.29, 1.82) is 0 Å². The molecule has 0 saturated heterocycles. The highest BCUT2D eigenvalue weighted by Gasteiger charge is 2.09.